The van der Waals surface area contributed by atoms with Gasteiger partial charge in [-0.05, 0) is 41.4 Å². The fraction of sp³-hybridized carbons (Fsp3) is 0.333. The molecule has 1 atom stereocenters. The molecule has 0 fully saturated rings. The normalized spacial score (nSPS) is 16.1. The lowest BCUT2D eigenvalue weighted by atomic mass is 10.1. The number of carbonyl (C=O) groups excluding carboxylic acids is 2. The smallest absolute Gasteiger partial charge is 0.299 e. The first-order chi connectivity index (χ1) is 8.41. The second kappa shape index (κ2) is 4.78. The number of ketones is 1. The molecule has 1 heterocycles. The van der Waals surface area contributed by atoms with Gasteiger partial charge in [0.1, 0.15) is 5.82 Å². The zero-order valence-electron chi connectivity index (χ0n) is 9.61. The molecule has 0 saturated heterocycles. The quantitative estimate of drug-likeness (QED) is 0.867. The van der Waals surface area contributed by atoms with Gasteiger partial charge in [0.2, 0.25) is 0 Å². The molecule has 1 aliphatic rings. The standard InChI is InChI=1S/C12H11BrFNO3/c1-6(16)2-3-15-10-5-9(14)8(13)4-7(10)11(17)12(15)18/h4-6,16H,2-3H2,1H3. The molecule has 1 aliphatic heterocycles. The van der Waals surface area contributed by atoms with Crippen LogP contribution in [0.5, 0.6) is 0 Å². The number of aliphatic hydroxyl groups excluding tert-OH is 1. The summed E-state index contributed by atoms with van der Waals surface area (Å²) < 4.78 is 13.6. The number of aliphatic hydroxyl groups is 1. The Balaban J connectivity index is 2.38. The lowest BCUT2D eigenvalue weighted by Crippen LogP contribution is -2.32. The van der Waals surface area contributed by atoms with E-state index in [9.17, 15) is 19.1 Å². The first-order valence-corrected chi connectivity index (χ1v) is 6.24. The second-order valence-corrected chi connectivity index (χ2v) is 5.06. The lowest BCUT2D eigenvalue weighted by Gasteiger charge is -2.17. The summed E-state index contributed by atoms with van der Waals surface area (Å²) in [6.45, 7) is 1.78. The first-order valence-electron chi connectivity index (χ1n) is 5.45. The molecule has 0 spiro atoms. The molecule has 1 aromatic carbocycles. The molecule has 0 radical (unpaired) electrons. The number of halogens is 2. The Morgan fingerprint density at radius 1 is 1.44 bits per heavy atom. The van der Waals surface area contributed by atoms with Gasteiger partial charge >= 0.3 is 0 Å². The van der Waals surface area contributed by atoms with Gasteiger partial charge in [-0.1, -0.05) is 0 Å². The van der Waals surface area contributed by atoms with E-state index in [4.69, 9.17) is 0 Å². The monoisotopic (exact) mass is 315 g/mol. The largest absolute Gasteiger partial charge is 0.393 e. The highest BCUT2D eigenvalue weighted by atomic mass is 79.9. The third-order valence-electron chi connectivity index (χ3n) is 2.78. The summed E-state index contributed by atoms with van der Waals surface area (Å²) in [4.78, 5) is 24.7. The SMILES string of the molecule is CC(O)CCN1C(=O)C(=O)c2cc(Br)c(F)cc21. The van der Waals surface area contributed by atoms with E-state index >= 15 is 0 Å². The highest BCUT2D eigenvalue weighted by Crippen LogP contribution is 2.33. The van der Waals surface area contributed by atoms with Gasteiger partial charge in [0, 0.05) is 6.54 Å². The van der Waals surface area contributed by atoms with Gasteiger partial charge < -0.3 is 10.0 Å². The molecule has 2 rings (SSSR count). The fourth-order valence-electron chi connectivity index (χ4n) is 1.83. The Labute approximate surface area is 112 Å². The van der Waals surface area contributed by atoms with Gasteiger partial charge in [-0.2, -0.15) is 0 Å². The van der Waals surface area contributed by atoms with Crippen LogP contribution in [0, 0.1) is 5.82 Å². The van der Waals surface area contributed by atoms with Crippen molar-refractivity contribution in [2.45, 2.75) is 19.4 Å². The number of hydrogen-bond donors (Lipinski definition) is 1. The maximum Gasteiger partial charge on any atom is 0.299 e. The van der Waals surface area contributed by atoms with Gasteiger partial charge in [0.25, 0.3) is 11.7 Å². The summed E-state index contributed by atoms with van der Waals surface area (Å²) >= 11 is 2.98. The molecule has 0 saturated carbocycles. The van der Waals surface area contributed by atoms with Crippen LogP contribution < -0.4 is 4.90 Å². The second-order valence-electron chi connectivity index (χ2n) is 4.21. The van der Waals surface area contributed by atoms with Crippen LogP contribution >= 0.6 is 15.9 Å². The Morgan fingerprint density at radius 2 is 2.11 bits per heavy atom. The van der Waals surface area contributed by atoms with Crippen molar-refractivity contribution in [1.82, 2.24) is 0 Å². The highest BCUT2D eigenvalue weighted by Gasteiger charge is 2.36. The van der Waals surface area contributed by atoms with Crippen LogP contribution in [-0.2, 0) is 4.79 Å². The van der Waals surface area contributed by atoms with Crippen molar-refractivity contribution in [1.29, 1.82) is 0 Å². The topological polar surface area (TPSA) is 57.6 Å². The average molecular weight is 316 g/mol. The van der Waals surface area contributed by atoms with E-state index < -0.39 is 23.6 Å². The van der Waals surface area contributed by atoms with E-state index in [1.165, 1.54) is 11.0 Å². The molecule has 4 nitrogen and oxygen atoms in total. The average Bonchev–Trinajstić information content (AvgIpc) is 2.51. The van der Waals surface area contributed by atoms with E-state index in [0.29, 0.717) is 6.42 Å². The minimum Gasteiger partial charge on any atom is -0.393 e. The number of carbonyl (C=O) groups is 2. The number of hydrogen-bond acceptors (Lipinski definition) is 3. The van der Waals surface area contributed by atoms with Gasteiger partial charge in [-0.25, -0.2) is 4.39 Å². The summed E-state index contributed by atoms with van der Waals surface area (Å²) in [5.41, 5.74) is 0.463. The Hall–Kier alpha value is -1.27. The number of nitrogens with zero attached hydrogens (tertiary/aromatic N) is 1. The Kier molecular flexibility index (Phi) is 3.49. The minimum atomic E-state index is -0.678. The maximum atomic E-state index is 13.5. The molecule has 1 unspecified atom stereocenters. The van der Waals surface area contributed by atoms with Gasteiger partial charge in [0.05, 0.1) is 21.8 Å². The molecule has 0 aromatic heterocycles. The van der Waals surface area contributed by atoms with Crippen LogP contribution in [0.25, 0.3) is 0 Å². The maximum absolute atomic E-state index is 13.5. The molecule has 1 amide bonds. The summed E-state index contributed by atoms with van der Waals surface area (Å²) in [7, 11) is 0. The van der Waals surface area contributed by atoms with Gasteiger partial charge in [0.15, 0.2) is 0 Å². The molecule has 0 aliphatic carbocycles. The predicted molar refractivity (Wildman–Crippen MR) is 67.1 cm³/mol. The number of rotatable bonds is 3. The molecule has 1 N–H and O–H groups in total. The Morgan fingerprint density at radius 3 is 2.72 bits per heavy atom. The summed E-state index contributed by atoms with van der Waals surface area (Å²) in [5, 5.41) is 9.21. The predicted octanol–water partition coefficient (Wildman–Crippen LogP) is 1.89. The lowest BCUT2D eigenvalue weighted by molar-refractivity contribution is -0.114. The van der Waals surface area contributed by atoms with Crippen LogP contribution in [0.4, 0.5) is 10.1 Å². The van der Waals surface area contributed by atoms with E-state index in [-0.39, 0.29) is 22.3 Å². The number of benzene rings is 1. The molecule has 18 heavy (non-hydrogen) atoms. The summed E-state index contributed by atoms with van der Waals surface area (Å²) in [5.74, 6) is -1.85. The minimum absolute atomic E-state index is 0.153. The number of anilines is 1. The molecule has 0 bridgehead atoms. The molecule has 6 heteroatoms. The Bertz CT molecular complexity index is 530. The van der Waals surface area contributed by atoms with E-state index in [1.807, 2.05) is 0 Å². The molecular weight excluding hydrogens is 305 g/mol. The van der Waals surface area contributed by atoms with Crippen LogP contribution in [0.3, 0.4) is 0 Å². The number of Topliss-reactive ketones (excluding diaryl/α,β-unsaturated/α-hetero) is 1. The van der Waals surface area contributed by atoms with Crippen molar-refractivity contribution in [3.05, 3.63) is 28.0 Å². The molecular formula is C12H11BrFNO3. The van der Waals surface area contributed by atoms with Crippen LogP contribution in [-0.4, -0.2) is 29.4 Å². The third-order valence-corrected chi connectivity index (χ3v) is 3.39. The van der Waals surface area contributed by atoms with Crippen molar-refractivity contribution in [3.63, 3.8) is 0 Å². The van der Waals surface area contributed by atoms with E-state index in [2.05, 4.69) is 15.9 Å². The molecule has 96 valence electrons. The van der Waals surface area contributed by atoms with Gasteiger partial charge in [-0.3, -0.25) is 9.59 Å². The van der Waals surface area contributed by atoms with Crippen LogP contribution in [0.1, 0.15) is 23.7 Å². The van der Waals surface area contributed by atoms with Crippen LogP contribution in [0.15, 0.2) is 16.6 Å². The van der Waals surface area contributed by atoms with E-state index in [1.54, 1.807) is 6.92 Å². The number of amides is 1. The molecule has 1 aromatic rings. The summed E-state index contributed by atoms with van der Waals surface area (Å²) in [6, 6.07) is 2.47. The summed E-state index contributed by atoms with van der Waals surface area (Å²) in [6.07, 6.45) is -0.256. The zero-order chi connectivity index (χ0) is 13.4. The first kappa shape index (κ1) is 13.2. The van der Waals surface area contributed by atoms with Crippen molar-refractivity contribution in [3.8, 4) is 0 Å². The van der Waals surface area contributed by atoms with Crippen molar-refractivity contribution in [2.24, 2.45) is 0 Å². The van der Waals surface area contributed by atoms with Crippen LogP contribution in [0.2, 0.25) is 0 Å². The van der Waals surface area contributed by atoms with Crippen molar-refractivity contribution in [2.75, 3.05) is 11.4 Å². The highest BCUT2D eigenvalue weighted by molar-refractivity contribution is 9.10. The van der Waals surface area contributed by atoms with Gasteiger partial charge in [-0.15, -0.1) is 0 Å². The zero-order valence-corrected chi connectivity index (χ0v) is 11.2. The van der Waals surface area contributed by atoms with Crippen molar-refractivity contribution < 1.29 is 19.1 Å². The fourth-order valence-corrected chi connectivity index (χ4v) is 2.17. The third kappa shape index (κ3) is 2.18. The van der Waals surface area contributed by atoms with E-state index in [0.717, 1.165) is 6.07 Å². The number of fused-ring (bicyclic) bond motifs is 1. The van der Waals surface area contributed by atoms with Crippen molar-refractivity contribution >= 4 is 33.3 Å².